The van der Waals surface area contributed by atoms with E-state index in [1.54, 1.807) is 0 Å². The molecule has 0 radical (unpaired) electrons. The average molecular weight is 291 g/mol. The molecule has 0 heterocycles. The van der Waals surface area contributed by atoms with Gasteiger partial charge in [-0.15, -0.1) is 0 Å². The van der Waals surface area contributed by atoms with Crippen LogP contribution in [0.1, 0.15) is 18.4 Å². The summed E-state index contributed by atoms with van der Waals surface area (Å²) in [4.78, 5) is 20.8. The first-order valence-electron chi connectivity index (χ1n) is 5.67. The number of nitro groups is 1. The number of aryl methyl sites for hydroxylation is 1. The van der Waals surface area contributed by atoms with E-state index >= 15 is 0 Å². The summed E-state index contributed by atoms with van der Waals surface area (Å²) >= 11 is 0. The van der Waals surface area contributed by atoms with E-state index in [0.29, 0.717) is 5.56 Å². The van der Waals surface area contributed by atoms with Gasteiger partial charge in [-0.1, -0.05) is 6.07 Å². The first-order chi connectivity index (χ1) is 9.25. The van der Waals surface area contributed by atoms with Gasteiger partial charge in [-0.2, -0.15) is 13.2 Å². The number of benzene rings is 1. The van der Waals surface area contributed by atoms with Crippen molar-refractivity contribution in [1.82, 2.24) is 0 Å². The number of hydrogen-bond donors (Lipinski definition) is 0. The van der Waals surface area contributed by atoms with Gasteiger partial charge in [0.2, 0.25) is 5.78 Å². The molecule has 0 spiro atoms. The summed E-state index contributed by atoms with van der Waals surface area (Å²) < 4.78 is 40.8. The average Bonchev–Trinajstić information content (AvgIpc) is 2.37. The highest BCUT2D eigenvalue weighted by atomic mass is 19.4. The van der Waals surface area contributed by atoms with Crippen LogP contribution in [0.15, 0.2) is 18.2 Å². The number of carbonyl (C=O) groups is 1. The van der Waals surface area contributed by atoms with Crippen LogP contribution in [0, 0.1) is 10.1 Å². The van der Waals surface area contributed by atoms with Gasteiger partial charge in [-0.3, -0.25) is 14.9 Å². The number of halogens is 3. The molecule has 5 nitrogen and oxygen atoms in total. The van der Waals surface area contributed by atoms with Crippen LogP contribution in [0.25, 0.3) is 0 Å². The van der Waals surface area contributed by atoms with Gasteiger partial charge in [0.15, 0.2) is 5.75 Å². The minimum Gasteiger partial charge on any atom is -0.490 e. The Hall–Kier alpha value is -2.12. The third kappa shape index (κ3) is 4.22. The number of ketones is 1. The van der Waals surface area contributed by atoms with Crippen molar-refractivity contribution in [3.8, 4) is 5.75 Å². The fraction of sp³-hybridized carbons (Fsp3) is 0.417. The second kappa shape index (κ2) is 6.36. The highest BCUT2D eigenvalue weighted by Crippen LogP contribution is 2.28. The number of hydrogen-bond acceptors (Lipinski definition) is 4. The van der Waals surface area contributed by atoms with Gasteiger partial charge < -0.3 is 4.74 Å². The summed E-state index contributed by atoms with van der Waals surface area (Å²) in [5.41, 5.74) is 0.222. The lowest BCUT2D eigenvalue weighted by atomic mass is 10.1. The van der Waals surface area contributed by atoms with Crippen molar-refractivity contribution in [2.45, 2.75) is 25.4 Å². The Bertz CT molecular complexity index is 514. The van der Waals surface area contributed by atoms with Crippen molar-refractivity contribution in [3.05, 3.63) is 33.9 Å². The monoisotopic (exact) mass is 291 g/mol. The Kier molecular flexibility index (Phi) is 5.06. The highest BCUT2D eigenvalue weighted by molar-refractivity contribution is 5.83. The normalized spacial score (nSPS) is 11.2. The maximum Gasteiger partial charge on any atom is 0.449 e. The van der Waals surface area contributed by atoms with Crippen LogP contribution in [0.4, 0.5) is 18.9 Å². The van der Waals surface area contributed by atoms with Gasteiger partial charge in [-0.05, 0) is 24.5 Å². The molecule has 0 saturated heterocycles. The molecule has 0 saturated carbocycles. The van der Waals surface area contributed by atoms with Crippen LogP contribution in [-0.4, -0.2) is 24.0 Å². The number of Topliss-reactive ketones (excluding diaryl/α,β-unsaturated/α-hetero) is 1. The van der Waals surface area contributed by atoms with Crippen LogP contribution < -0.4 is 4.74 Å². The Morgan fingerprint density at radius 1 is 1.40 bits per heavy atom. The van der Waals surface area contributed by atoms with Gasteiger partial charge in [0, 0.05) is 12.5 Å². The van der Waals surface area contributed by atoms with Gasteiger partial charge in [0.05, 0.1) is 12.0 Å². The summed E-state index contributed by atoms with van der Waals surface area (Å²) in [6, 6.07) is 4.12. The number of ether oxygens (including phenoxy) is 1. The summed E-state index contributed by atoms with van der Waals surface area (Å²) in [7, 11) is 1.28. The van der Waals surface area contributed by atoms with E-state index in [0.717, 1.165) is 0 Å². The molecule has 1 aromatic rings. The lowest BCUT2D eigenvalue weighted by molar-refractivity contribution is -0.385. The Balaban J connectivity index is 2.68. The Morgan fingerprint density at radius 3 is 2.55 bits per heavy atom. The smallest absolute Gasteiger partial charge is 0.449 e. The van der Waals surface area contributed by atoms with E-state index in [1.807, 2.05) is 0 Å². The summed E-state index contributed by atoms with van der Waals surface area (Å²) in [5.74, 6) is -1.72. The maximum absolute atomic E-state index is 12.0. The van der Waals surface area contributed by atoms with Crippen molar-refractivity contribution >= 4 is 11.5 Å². The molecule has 0 unspecified atom stereocenters. The molecule has 0 aliphatic rings. The van der Waals surface area contributed by atoms with Crippen LogP contribution >= 0.6 is 0 Å². The number of carbonyl (C=O) groups excluding carboxylic acids is 1. The van der Waals surface area contributed by atoms with Crippen molar-refractivity contribution in [3.63, 3.8) is 0 Å². The second-order valence-corrected chi connectivity index (χ2v) is 4.04. The molecule has 110 valence electrons. The predicted octanol–water partition coefficient (Wildman–Crippen LogP) is 3.06. The third-order valence-corrected chi connectivity index (χ3v) is 2.63. The topological polar surface area (TPSA) is 69.4 Å². The van der Waals surface area contributed by atoms with Crippen molar-refractivity contribution in [1.29, 1.82) is 0 Å². The molecule has 1 rings (SSSR count). The molecule has 0 N–H and O–H groups in total. The molecule has 0 aliphatic carbocycles. The maximum atomic E-state index is 12.0. The van der Waals surface area contributed by atoms with Crippen molar-refractivity contribution in [2.75, 3.05) is 7.11 Å². The van der Waals surface area contributed by atoms with Crippen LogP contribution in [0.5, 0.6) is 5.75 Å². The van der Waals surface area contributed by atoms with Gasteiger partial charge in [-0.25, -0.2) is 0 Å². The Labute approximate surface area is 112 Å². The number of methoxy groups -OCH3 is 1. The zero-order valence-electron chi connectivity index (χ0n) is 10.6. The second-order valence-electron chi connectivity index (χ2n) is 4.04. The fourth-order valence-corrected chi connectivity index (χ4v) is 1.63. The van der Waals surface area contributed by atoms with E-state index in [9.17, 15) is 28.1 Å². The van der Waals surface area contributed by atoms with Crippen molar-refractivity contribution < 1.29 is 27.6 Å². The molecule has 8 heteroatoms. The van der Waals surface area contributed by atoms with Crippen molar-refractivity contribution in [2.24, 2.45) is 0 Å². The molecule has 0 bridgehead atoms. The molecule has 20 heavy (non-hydrogen) atoms. The van der Waals surface area contributed by atoms with Crippen LogP contribution in [-0.2, 0) is 11.2 Å². The van der Waals surface area contributed by atoms with E-state index in [2.05, 4.69) is 0 Å². The first kappa shape index (κ1) is 15.9. The van der Waals surface area contributed by atoms with E-state index in [-0.39, 0.29) is 24.3 Å². The Morgan fingerprint density at radius 2 is 2.05 bits per heavy atom. The molecule has 0 aliphatic heterocycles. The van der Waals surface area contributed by atoms with E-state index in [1.165, 1.54) is 25.3 Å². The van der Waals surface area contributed by atoms with E-state index < -0.39 is 23.3 Å². The molecule has 0 fully saturated rings. The minimum absolute atomic E-state index is 0.0260. The summed E-state index contributed by atoms with van der Waals surface area (Å²) in [6.07, 6.45) is -5.34. The third-order valence-electron chi connectivity index (χ3n) is 2.63. The van der Waals surface area contributed by atoms with Crippen LogP contribution in [0.2, 0.25) is 0 Å². The molecule has 1 aromatic carbocycles. The van der Waals surface area contributed by atoms with E-state index in [4.69, 9.17) is 4.74 Å². The zero-order chi connectivity index (χ0) is 15.3. The molecule has 0 atom stereocenters. The van der Waals surface area contributed by atoms with Gasteiger partial charge in [0.1, 0.15) is 0 Å². The standard InChI is InChI=1S/C12H12F3NO4/c1-20-10-6-5-8(7-9(10)16(18)19)3-2-4-11(17)12(13,14)15/h5-7H,2-4H2,1H3. The predicted molar refractivity (Wildman–Crippen MR) is 63.6 cm³/mol. The number of rotatable bonds is 6. The fourth-order valence-electron chi connectivity index (χ4n) is 1.63. The zero-order valence-corrected chi connectivity index (χ0v) is 10.6. The molecule has 0 aromatic heterocycles. The van der Waals surface area contributed by atoms with Gasteiger partial charge >= 0.3 is 11.9 Å². The quantitative estimate of drug-likeness (QED) is 0.596. The lowest BCUT2D eigenvalue weighted by Gasteiger charge is -2.06. The minimum atomic E-state index is -4.83. The molecular formula is C12H12F3NO4. The lowest BCUT2D eigenvalue weighted by Crippen LogP contribution is -2.22. The number of nitrogens with zero attached hydrogens (tertiary/aromatic N) is 1. The number of alkyl halides is 3. The number of nitro benzene ring substituents is 1. The first-order valence-corrected chi connectivity index (χ1v) is 5.67. The molecular weight excluding hydrogens is 279 g/mol. The van der Waals surface area contributed by atoms with Gasteiger partial charge in [0.25, 0.3) is 0 Å². The van der Waals surface area contributed by atoms with Crippen LogP contribution in [0.3, 0.4) is 0 Å². The largest absolute Gasteiger partial charge is 0.490 e. The SMILES string of the molecule is COc1ccc(CCCC(=O)C(F)(F)F)cc1[N+](=O)[O-]. The summed E-state index contributed by atoms with van der Waals surface area (Å²) in [6.45, 7) is 0. The summed E-state index contributed by atoms with van der Waals surface area (Å²) in [5, 5.41) is 10.8. The molecule has 0 amide bonds. The highest BCUT2D eigenvalue weighted by Gasteiger charge is 2.37.